The molecule has 1 rings (SSSR count). The Morgan fingerprint density at radius 1 is 1.38 bits per heavy atom. The molecule has 16 heavy (non-hydrogen) atoms. The highest BCUT2D eigenvalue weighted by Crippen LogP contribution is 2.17. The van der Waals surface area contributed by atoms with E-state index < -0.39 is 0 Å². The van der Waals surface area contributed by atoms with Crippen LogP contribution in [-0.4, -0.2) is 13.7 Å². The van der Waals surface area contributed by atoms with E-state index in [4.69, 9.17) is 15.3 Å². The van der Waals surface area contributed by atoms with Crippen LogP contribution in [0, 0.1) is 22.7 Å². The molecule has 0 spiro atoms. The van der Waals surface area contributed by atoms with Crippen LogP contribution in [0.1, 0.15) is 5.56 Å². The summed E-state index contributed by atoms with van der Waals surface area (Å²) in [4.78, 5) is 0. The van der Waals surface area contributed by atoms with Crippen LogP contribution < -0.4 is 10.1 Å². The highest BCUT2D eigenvalue weighted by Gasteiger charge is 2.00. The molecule has 1 N–H and O–H groups in total. The van der Waals surface area contributed by atoms with Crippen molar-refractivity contribution < 1.29 is 4.74 Å². The van der Waals surface area contributed by atoms with Gasteiger partial charge in [-0.05, 0) is 29.8 Å². The van der Waals surface area contributed by atoms with Crippen LogP contribution in [0.15, 0.2) is 30.5 Å². The van der Waals surface area contributed by atoms with Crippen LogP contribution in [0.4, 0.5) is 0 Å². The van der Waals surface area contributed by atoms with Crippen molar-refractivity contribution in [1.29, 1.82) is 10.5 Å². The molecule has 0 atom stereocenters. The third kappa shape index (κ3) is 3.04. The summed E-state index contributed by atoms with van der Waals surface area (Å²) in [7, 11) is 1.59. The Balaban J connectivity index is 2.84. The van der Waals surface area contributed by atoms with Gasteiger partial charge in [-0.3, -0.25) is 0 Å². The Morgan fingerprint density at radius 2 is 2.06 bits per heavy atom. The van der Waals surface area contributed by atoms with Gasteiger partial charge in [0.15, 0.2) is 0 Å². The van der Waals surface area contributed by atoms with Crippen LogP contribution in [0.25, 0.3) is 5.57 Å². The minimum absolute atomic E-state index is 0.182. The van der Waals surface area contributed by atoms with E-state index in [0.29, 0.717) is 5.57 Å². The summed E-state index contributed by atoms with van der Waals surface area (Å²) < 4.78 is 5.02. The smallest absolute Gasteiger partial charge is 0.118 e. The zero-order valence-electron chi connectivity index (χ0n) is 8.90. The second-order valence-corrected chi connectivity index (χ2v) is 2.94. The minimum atomic E-state index is 0.182. The van der Waals surface area contributed by atoms with E-state index in [9.17, 15) is 0 Å². The molecule has 0 bridgehead atoms. The van der Waals surface area contributed by atoms with Crippen LogP contribution in [0.3, 0.4) is 0 Å². The number of hydrogen-bond donors (Lipinski definition) is 1. The van der Waals surface area contributed by atoms with Gasteiger partial charge in [0.2, 0.25) is 0 Å². The SMILES string of the molecule is COc1ccc(C(C#N)=CNCC#N)cc1. The molecule has 0 saturated heterocycles. The predicted octanol–water partition coefficient (Wildman–Crippen LogP) is 1.67. The first-order valence-electron chi connectivity index (χ1n) is 4.67. The van der Waals surface area contributed by atoms with E-state index in [1.807, 2.05) is 6.07 Å². The maximum atomic E-state index is 8.93. The third-order valence-electron chi connectivity index (χ3n) is 1.95. The molecule has 80 valence electrons. The van der Waals surface area contributed by atoms with Crippen LogP contribution in [0.5, 0.6) is 5.75 Å². The van der Waals surface area contributed by atoms with Gasteiger partial charge in [0, 0.05) is 6.20 Å². The Kier molecular flexibility index (Phi) is 4.43. The van der Waals surface area contributed by atoms with Gasteiger partial charge in [-0.2, -0.15) is 10.5 Å². The Hall–Kier alpha value is -2.46. The average Bonchev–Trinajstić information content (AvgIpc) is 2.35. The number of hydrogen-bond acceptors (Lipinski definition) is 4. The monoisotopic (exact) mass is 213 g/mol. The maximum Gasteiger partial charge on any atom is 0.118 e. The Morgan fingerprint density at radius 3 is 2.56 bits per heavy atom. The van der Waals surface area contributed by atoms with Gasteiger partial charge in [-0.25, -0.2) is 0 Å². The number of allylic oxidation sites excluding steroid dienone is 1. The van der Waals surface area contributed by atoms with E-state index in [1.54, 1.807) is 31.4 Å². The summed E-state index contributed by atoms with van der Waals surface area (Å²) in [6.45, 7) is 0.182. The van der Waals surface area contributed by atoms with Crippen LogP contribution >= 0.6 is 0 Å². The van der Waals surface area contributed by atoms with Gasteiger partial charge in [0.05, 0.1) is 18.8 Å². The van der Waals surface area contributed by atoms with E-state index in [2.05, 4.69) is 11.4 Å². The summed E-state index contributed by atoms with van der Waals surface area (Å²) in [6, 6.07) is 11.1. The summed E-state index contributed by atoms with van der Waals surface area (Å²) >= 11 is 0. The van der Waals surface area contributed by atoms with Gasteiger partial charge < -0.3 is 10.1 Å². The lowest BCUT2D eigenvalue weighted by Crippen LogP contribution is -2.05. The van der Waals surface area contributed by atoms with Crippen molar-refractivity contribution in [3.8, 4) is 17.9 Å². The van der Waals surface area contributed by atoms with E-state index >= 15 is 0 Å². The first-order valence-corrected chi connectivity index (χ1v) is 4.67. The molecule has 4 heteroatoms. The molecule has 0 aliphatic heterocycles. The first kappa shape index (κ1) is 11.6. The van der Waals surface area contributed by atoms with Gasteiger partial charge in [0.25, 0.3) is 0 Å². The van der Waals surface area contributed by atoms with Crippen molar-refractivity contribution in [3.63, 3.8) is 0 Å². The van der Waals surface area contributed by atoms with Gasteiger partial charge >= 0.3 is 0 Å². The minimum Gasteiger partial charge on any atom is -0.497 e. The van der Waals surface area contributed by atoms with Gasteiger partial charge in [-0.15, -0.1) is 0 Å². The second kappa shape index (κ2) is 6.10. The average molecular weight is 213 g/mol. The maximum absolute atomic E-state index is 8.93. The highest BCUT2D eigenvalue weighted by molar-refractivity contribution is 5.76. The van der Waals surface area contributed by atoms with Crippen LogP contribution in [-0.2, 0) is 0 Å². The molecule has 1 aromatic rings. The topological polar surface area (TPSA) is 68.8 Å². The van der Waals surface area contributed by atoms with Crippen molar-refractivity contribution in [1.82, 2.24) is 5.32 Å². The van der Waals surface area contributed by atoms with Crippen molar-refractivity contribution >= 4 is 5.57 Å². The molecule has 4 nitrogen and oxygen atoms in total. The number of rotatable bonds is 4. The number of methoxy groups -OCH3 is 1. The molecule has 1 aromatic carbocycles. The van der Waals surface area contributed by atoms with E-state index in [-0.39, 0.29) is 6.54 Å². The summed E-state index contributed by atoms with van der Waals surface area (Å²) in [5.41, 5.74) is 1.27. The molecule has 0 unspecified atom stereocenters. The summed E-state index contributed by atoms with van der Waals surface area (Å²) in [6.07, 6.45) is 1.53. The number of nitrogens with one attached hydrogen (secondary N) is 1. The van der Waals surface area contributed by atoms with Gasteiger partial charge in [-0.1, -0.05) is 0 Å². The molecular formula is C12H11N3O. The van der Waals surface area contributed by atoms with Crippen molar-refractivity contribution in [3.05, 3.63) is 36.0 Å². The lowest BCUT2D eigenvalue weighted by Gasteiger charge is -2.02. The van der Waals surface area contributed by atoms with Crippen molar-refractivity contribution in [2.24, 2.45) is 0 Å². The number of nitrogens with zero attached hydrogens (tertiary/aromatic N) is 2. The molecule has 0 aromatic heterocycles. The predicted molar refractivity (Wildman–Crippen MR) is 60.2 cm³/mol. The lowest BCUT2D eigenvalue weighted by molar-refractivity contribution is 0.415. The van der Waals surface area contributed by atoms with Crippen LogP contribution in [0.2, 0.25) is 0 Å². The molecule has 0 fully saturated rings. The van der Waals surface area contributed by atoms with Gasteiger partial charge in [0.1, 0.15) is 18.4 Å². The van der Waals surface area contributed by atoms with E-state index in [1.165, 1.54) is 6.20 Å². The number of nitriles is 2. The summed E-state index contributed by atoms with van der Waals surface area (Å²) in [5.74, 6) is 0.742. The normalized spacial score (nSPS) is 10.1. The second-order valence-electron chi connectivity index (χ2n) is 2.94. The van der Waals surface area contributed by atoms with E-state index in [0.717, 1.165) is 11.3 Å². The zero-order chi connectivity index (χ0) is 11.8. The van der Waals surface area contributed by atoms with Crippen molar-refractivity contribution in [2.45, 2.75) is 0 Å². The standard InChI is InChI=1S/C12H11N3O/c1-16-12-4-2-10(3-5-12)11(8-14)9-15-7-6-13/h2-5,9,15H,7H2,1H3. The Labute approximate surface area is 94.4 Å². The summed E-state index contributed by atoms with van der Waals surface area (Å²) in [5, 5.41) is 20.0. The quantitative estimate of drug-likeness (QED) is 0.469. The fourth-order valence-electron chi connectivity index (χ4n) is 1.15. The molecular weight excluding hydrogens is 202 g/mol. The largest absolute Gasteiger partial charge is 0.497 e. The molecule has 0 saturated carbocycles. The number of ether oxygens (including phenoxy) is 1. The molecule has 0 aliphatic carbocycles. The number of benzene rings is 1. The first-order chi connectivity index (χ1) is 7.81. The third-order valence-corrected chi connectivity index (χ3v) is 1.95. The highest BCUT2D eigenvalue weighted by atomic mass is 16.5. The lowest BCUT2D eigenvalue weighted by atomic mass is 10.1. The Bertz CT molecular complexity index is 449. The molecule has 0 aliphatic rings. The zero-order valence-corrected chi connectivity index (χ0v) is 8.90. The molecule has 0 amide bonds. The fraction of sp³-hybridized carbons (Fsp3) is 0.167. The van der Waals surface area contributed by atoms with Crippen molar-refractivity contribution in [2.75, 3.05) is 13.7 Å². The fourth-order valence-corrected chi connectivity index (χ4v) is 1.15. The molecule has 0 heterocycles. The molecule has 0 radical (unpaired) electrons.